The number of nitrogens with one attached hydrogen (secondary N) is 1. The summed E-state index contributed by atoms with van der Waals surface area (Å²) >= 11 is 0. The van der Waals surface area contributed by atoms with E-state index in [4.69, 9.17) is 4.74 Å². The van der Waals surface area contributed by atoms with Gasteiger partial charge in [-0.3, -0.25) is 10.2 Å². The highest BCUT2D eigenvalue weighted by atomic mass is 19.1. The molecule has 4 atom stereocenters. The lowest BCUT2D eigenvalue weighted by atomic mass is 9.72. The van der Waals surface area contributed by atoms with Gasteiger partial charge in [-0.05, 0) is 63.1 Å². The van der Waals surface area contributed by atoms with Gasteiger partial charge >= 0.3 is 12.2 Å². The average molecular weight is 450 g/mol. The quantitative estimate of drug-likeness (QED) is 0.627. The Balaban J connectivity index is 1.50. The molecule has 0 aliphatic carbocycles. The van der Waals surface area contributed by atoms with Gasteiger partial charge in [-0.2, -0.15) is 0 Å². The first-order valence-electron chi connectivity index (χ1n) is 11.5. The first-order chi connectivity index (χ1) is 15.3. The van der Waals surface area contributed by atoms with E-state index >= 15 is 0 Å². The number of aliphatic hydroxyl groups excluding tert-OH is 1. The van der Waals surface area contributed by atoms with Crippen molar-refractivity contribution < 1.29 is 28.9 Å². The van der Waals surface area contributed by atoms with Crippen LogP contribution < -0.4 is 10.2 Å². The molecular formula is C23H32FN3O5. The maximum absolute atomic E-state index is 15.0. The smallest absolute Gasteiger partial charge is 0.411 e. The summed E-state index contributed by atoms with van der Waals surface area (Å²) in [7, 11) is 0. The molecule has 3 aliphatic heterocycles. The molecule has 3 saturated heterocycles. The summed E-state index contributed by atoms with van der Waals surface area (Å²) in [4.78, 5) is 27.4. The zero-order chi connectivity index (χ0) is 22.9. The van der Waals surface area contributed by atoms with Crippen LogP contribution in [0.4, 0.5) is 25.4 Å². The van der Waals surface area contributed by atoms with Crippen molar-refractivity contribution >= 4 is 23.6 Å². The van der Waals surface area contributed by atoms with Crippen LogP contribution in [0.1, 0.15) is 51.9 Å². The minimum Gasteiger partial charge on any atom is -0.465 e. The Morgan fingerprint density at radius 2 is 2.16 bits per heavy atom. The molecule has 4 unspecified atom stereocenters. The zero-order valence-corrected chi connectivity index (χ0v) is 18.4. The molecular weight excluding hydrogens is 417 g/mol. The van der Waals surface area contributed by atoms with Gasteiger partial charge in [0.2, 0.25) is 0 Å². The number of piperidine rings is 2. The summed E-state index contributed by atoms with van der Waals surface area (Å²) < 4.78 is 20.0. The first-order valence-corrected chi connectivity index (χ1v) is 11.5. The first kappa shape index (κ1) is 22.6. The molecule has 32 heavy (non-hydrogen) atoms. The van der Waals surface area contributed by atoms with E-state index in [0.29, 0.717) is 50.3 Å². The number of aliphatic hydroxyl groups is 1. The van der Waals surface area contributed by atoms with E-state index in [9.17, 15) is 24.2 Å². The molecule has 3 aliphatic rings. The lowest BCUT2D eigenvalue weighted by Crippen LogP contribution is -2.62. The molecule has 8 nitrogen and oxygen atoms in total. The number of nitrogens with zero attached hydrogens (tertiary/aromatic N) is 2. The number of hydrogen-bond acceptors (Lipinski definition) is 5. The molecule has 4 rings (SSSR count). The van der Waals surface area contributed by atoms with Crippen LogP contribution in [0.5, 0.6) is 0 Å². The number of fused-ring (bicyclic) bond motifs is 2. The third-order valence-corrected chi connectivity index (χ3v) is 7.25. The number of rotatable bonds is 5. The van der Waals surface area contributed by atoms with E-state index in [1.54, 1.807) is 17.0 Å². The number of halogens is 1. The number of carbonyl (C=O) groups is 2. The fourth-order valence-corrected chi connectivity index (χ4v) is 6.00. The Morgan fingerprint density at radius 1 is 1.34 bits per heavy atom. The Kier molecular flexibility index (Phi) is 6.46. The molecule has 3 heterocycles. The lowest BCUT2D eigenvalue weighted by Gasteiger charge is -2.52. The summed E-state index contributed by atoms with van der Waals surface area (Å²) in [6.45, 7) is 3.40. The van der Waals surface area contributed by atoms with E-state index < -0.39 is 29.6 Å². The van der Waals surface area contributed by atoms with Crippen LogP contribution in [0.2, 0.25) is 0 Å². The second kappa shape index (κ2) is 9.13. The summed E-state index contributed by atoms with van der Waals surface area (Å²) in [5.74, 6) is -0.423. The van der Waals surface area contributed by atoms with Crippen molar-refractivity contribution in [1.82, 2.24) is 4.90 Å². The molecule has 3 N–H and O–H groups in total. The predicted molar refractivity (Wildman–Crippen MR) is 117 cm³/mol. The van der Waals surface area contributed by atoms with Gasteiger partial charge in [-0.15, -0.1) is 0 Å². The van der Waals surface area contributed by atoms with E-state index in [0.717, 1.165) is 25.7 Å². The summed E-state index contributed by atoms with van der Waals surface area (Å²) in [5.41, 5.74) is 0.172. The van der Waals surface area contributed by atoms with Crippen LogP contribution in [0.25, 0.3) is 0 Å². The van der Waals surface area contributed by atoms with Gasteiger partial charge in [0.1, 0.15) is 5.82 Å². The fourth-order valence-electron chi connectivity index (χ4n) is 6.00. The fraction of sp³-hybridized carbons (Fsp3) is 0.652. The van der Waals surface area contributed by atoms with Crippen LogP contribution in [0, 0.1) is 11.7 Å². The third kappa shape index (κ3) is 4.22. The molecule has 0 saturated carbocycles. The van der Waals surface area contributed by atoms with Crippen molar-refractivity contribution in [2.24, 2.45) is 5.92 Å². The highest BCUT2D eigenvalue weighted by Crippen LogP contribution is 2.51. The topological polar surface area (TPSA) is 102 Å². The van der Waals surface area contributed by atoms with Crippen molar-refractivity contribution in [2.75, 3.05) is 29.9 Å². The summed E-state index contributed by atoms with van der Waals surface area (Å²) in [5, 5.41) is 22.9. The van der Waals surface area contributed by atoms with Gasteiger partial charge in [-0.25, -0.2) is 14.0 Å². The molecule has 1 aromatic carbocycles. The van der Waals surface area contributed by atoms with E-state index in [2.05, 4.69) is 5.32 Å². The minimum atomic E-state index is -0.923. The normalized spacial score (nSPS) is 29.7. The van der Waals surface area contributed by atoms with Gasteiger partial charge in [0, 0.05) is 30.7 Å². The van der Waals surface area contributed by atoms with Crippen molar-refractivity contribution in [1.29, 1.82) is 0 Å². The molecule has 0 radical (unpaired) electrons. The van der Waals surface area contributed by atoms with Crippen LogP contribution >= 0.6 is 0 Å². The Hall–Kier alpha value is -2.55. The second-order valence-electron chi connectivity index (χ2n) is 9.25. The van der Waals surface area contributed by atoms with Gasteiger partial charge in [-0.1, -0.05) is 6.92 Å². The van der Waals surface area contributed by atoms with Gasteiger partial charge < -0.3 is 19.8 Å². The van der Waals surface area contributed by atoms with Crippen LogP contribution in [0.3, 0.4) is 0 Å². The highest BCUT2D eigenvalue weighted by Gasteiger charge is 2.57. The van der Waals surface area contributed by atoms with Gasteiger partial charge in [0.25, 0.3) is 0 Å². The molecule has 176 valence electrons. The lowest BCUT2D eigenvalue weighted by molar-refractivity contribution is -0.0390. The standard InChI is InChI=1S/C23H32FN3O5/c1-2-10-32-21(29)25-16-5-6-20(19(24)11-16)26-9-3-4-15(14-26)23-8-7-17(12-18(28)13-23)27(23)22(30)31/h5-6,11,15,17-18,28H,2-4,7-10,12-14H2,1H3,(H,25,29)(H,30,31). The predicted octanol–water partition coefficient (Wildman–Crippen LogP) is 4.04. The molecule has 1 aromatic rings. The maximum Gasteiger partial charge on any atom is 0.411 e. The average Bonchev–Trinajstić information content (AvgIpc) is 3.02. The van der Waals surface area contributed by atoms with Crippen LogP contribution in [0.15, 0.2) is 18.2 Å². The zero-order valence-electron chi connectivity index (χ0n) is 18.4. The number of anilines is 2. The van der Waals surface area contributed by atoms with Crippen molar-refractivity contribution in [2.45, 2.75) is 69.6 Å². The Morgan fingerprint density at radius 3 is 2.88 bits per heavy atom. The number of ether oxygens (including phenoxy) is 1. The number of carboxylic acid groups (broad SMARTS) is 1. The molecule has 2 bridgehead atoms. The van der Waals surface area contributed by atoms with E-state index in [1.165, 1.54) is 6.07 Å². The largest absolute Gasteiger partial charge is 0.465 e. The van der Waals surface area contributed by atoms with Gasteiger partial charge in [0.15, 0.2) is 0 Å². The molecule has 9 heteroatoms. The molecule has 2 amide bonds. The number of benzene rings is 1. The van der Waals surface area contributed by atoms with Crippen molar-refractivity contribution in [3.63, 3.8) is 0 Å². The van der Waals surface area contributed by atoms with Gasteiger partial charge in [0.05, 0.1) is 23.9 Å². The van der Waals surface area contributed by atoms with E-state index in [-0.39, 0.29) is 12.0 Å². The monoisotopic (exact) mass is 449 g/mol. The molecule has 0 aromatic heterocycles. The van der Waals surface area contributed by atoms with Crippen LogP contribution in [-0.4, -0.2) is 64.7 Å². The highest BCUT2D eigenvalue weighted by molar-refractivity contribution is 5.85. The third-order valence-electron chi connectivity index (χ3n) is 7.25. The maximum atomic E-state index is 15.0. The van der Waals surface area contributed by atoms with E-state index in [1.807, 2.05) is 11.8 Å². The Labute approximate surface area is 187 Å². The SMILES string of the molecule is CCCOC(=O)Nc1ccc(N2CCCC(C34CCC(CC(O)C3)N4C(=O)O)C2)c(F)c1. The Bertz CT molecular complexity index is 868. The van der Waals surface area contributed by atoms with Crippen molar-refractivity contribution in [3.8, 4) is 0 Å². The minimum absolute atomic E-state index is 0.0218. The van der Waals surface area contributed by atoms with Crippen molar-refractivity contribution in [3.05, 3.63) is 24.0 Å². The number of hydrogen-bond donors (Lipinski definition) is 3. The second-order valence-corrected chi connectivity index (χ2v) is 9.25. The number of amides is 2. The number of carbonyl (C=O) groups excluding carboxylic acids is 1. The summed E-state index contributed by atoms with van der Waals surface area (Å²) in [6.07, 6.45) is 2.79. The van der Waals surface area contributed by atoms with Crippen LogP contribution in [-0.2, 0) is 4.74 Å². The molecule has 0 spiro atoms. The molecule has 3 fully saturated rings. The summed E-state index contributed by atoms with van der Waals surface area (Å²) in [6, 6.07) is 4.44.